The summed E-state index contributed by atoms with van der Waals surface area (Å²) < 4.78 is 14.9. The molecule has 0 aliphatic carbocycles. The first-order valence-corrected chi connectivity index (χ1v) is 7.16. The molecule has 3 nitrogen and oxygen atoms in total. The quantitative estimate of drug-likeness (QED) is 0.840. The number of nitrogens with zero attached hydrogens (tertiary/aromatic N) is 2. The van der Waals surface area contributed by atoms with Gasteiger partial charge in [-0.3, -0.25) is 4.68 Å². The number of benzene rings is 1. The first kappa shape index (κ1) is 14.7. The normalized spacial score (nSPS) is 12.6. The lowest BCUT2D eigenvalue weighted by Gasteiger charge is -2.19. The third-order valence-corrected chi connectivity index (χ3v) is 3.52. The van der Waals surface area contributed by atoms with Crippen LogP contribution in [-0.2, 0) is 13.5 Å². The Morgan fingerprint density at radius 2 is 2.00 bits per heavy atom. The Morgan fingerprint density at radius 3 is 2.60 bits per heavy atom. The second-order valence-electron chi connectivity index (χ2n) is 5.04. The zero-order valence-corrected chi connectivity index (χ0v) is 12.1. The Hall–Kier alpha value is -1.68. The van der Waals surface area contributed by atoms with E-state index in [2.05, 4.69) is 17.3 Å². The van der Waals surface area contributed by atoms with Crippen molar-refractivity contribution in [3.63, 3.8) is 0 Å². The molecule has 0 amide bonds. The number of nitrogens with one attached hydrogen (secondary N) is 1. The molecule has 0 spiro atoms. The summed E-state index contributed by atoms with van der Waals surface area (Å²) in [5, 5.41) is 7.72. The van der Waals surface area contributed by atoms with Crippen LogP contribution in [0, 0.1) is 5.82 Å². The van der Waals surface area contributed by atoms with Gasteiger partial charge in [-0.05, 0) is 49.6 Å². The van der Waals surface area contributed by atoms with Crippen molar-refractivity contribution in [3.8, 4) is 0 Å². The van der Waals surface area contributed by atoms with E-state index >= 15 is 0 Å². The van der Waals surface area contributed by atoms with Gasteiger partial charge < -0.3 is 5.32 Å². The zero-order valence-electron chi connectivity index (χ0n) is 12.1. The predicted molar refractivity (Wildman–Crippen MR) is 79.0 cm³/mol. The highest BCUT2D eigenvalue weighted by Gasteiger charge is 2.12. The highest BCUT2D eigenvalue weighted by Crippen LogP contribution is 2.19. The van der Waals surface area contributed by atoms with Crippen molar-refractivity contribution >= 4 is 0 Å². The third kappa shape index (κ3) is 3.90. The maximum absolute atomic E-state index is 13.0. The fraction of sp³-hybridized carbons (Fsp3) is 0.438. The van der Waals surface area contributed by atoms with Crippen molar-refractivity contribution in [2.24, 2.45) is 7.05 Å². The van der Waals surface area contributed by atoms with Gasteiger partial charge in [0.05, 0.1) is 0 Å². The number of aromatic nitrogens is 2. The molecule has 1 aromatic carbocycles. The molecule has 0 radical (unpaired) electrons. The SMILES string of the molecule is CCCNC(CCc1ccnn1C)c1ccc(F)cc1. The molecule has 4 heteroatoms. The number of hydrogen-bond donors (Lipinski definition) is 1. The minimum atomic E-state index is -0.186. The summed E-state index contributed by atoms with van der Waals surface area (Å²) in [6, 6.07) is 9.09. The molecule has 20 heavy (non-hydrogen) atoms. The Labute approximate surface area is 119 Å². The van der Waals surface area contributed by atoms with Crippen molar-refractivity contribution < 1.29 is 4.39 Å². The summed E-state index contributed by atoms with van der Waals surface area (Å²) >= 11 is 0. The molecular weight excluding hydrogens is 253 g/mol. The third-order valence-electron chi connectivity index (χ3n) is 3.52. The molecule has 1 N–H and O–H groups in total. The van der Waals surface area contributed by atoms with E-state index in [-0.39, 0.29) is 11.9 Å². The van der Waals surface area contributed by atoms with E-state index in [1.54, 1.807) is 0 Å². The number of rotatable bonds is 7. The van der Waals surface area contributed by atoms with Gasteiger partial charge in [-0.25, -0.2) is 4.39 Å². The average molecular weight is 275 g/mol. The lowest BCUT2D eigenvalue weighted by Crippen LogP contribution is -2.23. The Morgan fingerprint density at radius 1 is 1.25 bits per heavy atom. The predicted octanol–water partition coefficient (Wildman–Crippen LogP) is 3.23. The second kappa shape index (κ2) is 7.20. The van der Waals surface area contributed by atoms with E-state index in [0.29, 0.717) is 0 Å². The molecule has 0 aliphatic rings. The topological polar surface area (TPSA) is 29.9 Å². The van der Waals surface area contributed by atoms with Crippen LogP contribution in [-0.4, -0.2) is 16.3 Å². The van der Waals surface area contributed by atoms with Gasteiger partial charge >= 0.3 is 0 Å². The highest BCUT2D eigenvalue weighted by molar-refractivity contribution is 5.20. The van der Waals surface area contributed by atoms with Gasteiger partial charge in [0, 0.05) is 25.0 Å². The summed E-state index contributed by atoms with van der Waals surface area (Å²) in [4.78, 5) is 0. The van der Waals surface area contributed by atoms with Crippen LogP contribution in [0.25, 0.3) is 0 Å². The molecule has 0 aliphatic heterocycles. The molecule has 2 aromatic rings. The number of halogens is 1. The standard InChI is InChI=1S/C16H22FN3/c1-3-11-18-16(13-4-6-14(17)7-5-13)9-8-15-10-12-19-20(15)2/h4-7,10,12,16,18H,3,8-9,11H2,1-2H3. The van der Waals surface area contributed by atoms with Crippen molar-refractivity contribution in [3.05, 3.63) is 53.6 Å². The average Bonchev–Trinajstić information content (AvgIpc) is 2.86. The number of aryl methyl sites for hydroxylation is 2. The summed E-state index contributed by atoms with van der Waals surface area (Å²) in [6.07, 6.45) is 4.84. The lowest BCUT2D eigenvalue weighted by atomic mass is 10.0. The molecule has 1 unspecified atom stereocenters. The van der Waals surface area contributed by atoms with Crippen LogP contribution in [0.1, 0.15) is 37.1 Å². The van der Waals surface area contributed by atoms with Crippen LogP contribution in [0.15, 0.2) is 36.5 Å². The van der Waals surface area contributed by atoms with Crippen LogP contribution in [0.4, 0.5) is 4.39 Å². The monoisotopic (exact) mass is 275 g/mol. The first-order valence-electron chi connectivity index (χ1n) is 7.16. The van der Waals surface area contributed by atoms with Crippen molar-refractivity contribution in [2.45, 2.75) is 32.2 Å². The lowest BCUT2D eigenvalue weighted by molar-refractivity contribution is 0.490. The smallest absolute Gasteiger partial charge is 0.123 e. The molecule has 2 rings (SSSR count). The minimum Gasteiger partial charge on any atom is -0.310 e. The summed E-state index contributed by atoms with van der Waals surface area (Å²) in [6.45, 7) is 3.11. The summed E-state index contributed by atoms with van der Waals surface area (Å²) in [5.41, 5.74) is 2.36. The van der Waals surface area contributed by atoms with Crippen LogP contribution in [0.2, 0.25) is 0 Å². The first-order chi connectivity index (χ1) is 9.70. The van der Waals surface area contributed by atoms with Gasteiger partial charge in [-0.2, -0.15) is 5.10 Å². The van der Waals surface area contributed by atoms with Crippen LogP contribution in [0.3, 0.4) is 0 Å². The molecule has 1 atom stereocenters. The zero-order chi connectivity index (χ0) is 14.4. The van der Waals surface area contributed by atoms with E-state index < -0.39 is 0 Å². The Balaban J connectivity index is 2.03. The van der Waals surface area contributed by atoms with Gasteiger partial charge in [-0.15, -0.1) is 0 Å². The minimum absolute atomic E-state index is 0.186. The fourth-order valence-corrected chi connectivity index (χ4v) is 2.34. The molecule has 1 aromatic heterocycles. The molecule has 0 saturated heterocycles. The van der Waals surface area contributed by atoms with E-state index in [1.807, 2.05) is 36.1 Å². The molecule has 108 valence electrons. The molecular formula is C16H22FN3. The molecule has 1 heterocycles. The number of hydrogen-bond acceptors (Lipinski definition) is 2. The van der Waals surface area contributed by atoms with E-state index in [9.17, 15) is 4.39 Å². The fourth-order valence-electron chi connectivity index (χ4n) is 2.34. The summed E-state index contributed by atoms with van der Waals surface area (Å²) in [5.74, 6) is -0.186. The maximum atomic E-state index is 13.0. The van der Waals surface area contributed by atoms with Gasteiger partial charge in [0.1, 0.15) is 5.82 Å². The van der Waals surface area contributed by atoms with Gasteiger partial charge in [0.25, 0.3) is 0 Å². The van der Waals surface area contributed by atoms with Crippen molar-refractivity contribution in [2.75, 3.05) is 6.54 Å². The van der Waals surface area contributed by atoms with E-state index in [0.717, 1.165) is 31.4 Å². The maximum Gasteiger partial charge on any atom is 0.123 e. The highest BCUT2D eigenvalue weighted by atomic mass is 19.1. The molecule has 0 bridgehead atoms. The van der Waals surface area contributed by atoms with Crippen LogP contribution < -0.4 is 5.32 Å². The van der Waals surface area contributed by atoms with Crippen LogP contribution >= 0.6 is 0 Å². The molecule has 0 fully saturated rings. The van der Waals surface area contributed by atoms with Gasteiger partial charge in [-0.1, -0.05) is 19.1 Å². The van der Waals surface area contributed by atoms with E-state index in [4.69, 9.17) is 0 Å². The van der Waals surface area contributed by atoms with Crippen LogP contribution in [0.5, 0.6) is 0 Å². The second-order valence-corrected chi connectivity index (χ2v) is 5.04. The van der Waals surface area contributed by atoms with Gasteiger partial charge in [0.2, 0.25) is 0 Å². The van der Waals surface area contributed by atoms with Gasteiger partial charge in [0.15, 0.2) is 0 Å². The largest absolute Gasteiger partial charge is 0.310 e. The van der Waals surface area contributed by atoms with E-state index in [1.165, 1.54) is 17.8 Å². The Kier molecular flexibility index (Phi) is 5.30. The van der Waals surface area contributed by atoms with Crippen molar-refractivity contribution in [1.29, 1.82) is 0 Å². The van der Waals surface area contributed by atoms with Crippen molar-refractivity contribution in [1.82, 2.24) is 15.1 Å². The Bertz CT molecular complexity index is 519. The summed E-state index contributed by atoms with van der Waals surface area (Å²) in [7, 11) is 1.96. The molecule has 0 saturated carbocycles.